The number of hydrogen-bond donors (Lipinski definition) is 0. The second kappa shape index (κ2) is 8.33. The Kier molecular flexibility index (Phi) is 6.08. The molecule has 2 spiro atoms. The van der Waals surface area contributed by atoms with Crippen molar-refractivity contribution in [3.8, 4) is 0 Å². The minimum absolute atomic E-state index is 0.0160. The second-order valence-corrected chi connectivity index (χ2v) is 13.7. The van der Waals surface area contributed by atoms with Crippen LogP contribution in [0.2, 0.25) is 0 Å². The molecule has 2 heterocycles. The van der Waals surface area contributed by atoms with E-state index < -0.39 is 0 Å². The van der Waals surface area contributed by atoms with Crippen LogP contribution in [0.5, 0.6) is 0 Å². The molecule has 0 aromatic rings. The lowest BCUT2D eigenvalue weighted by atomic mass is 9.44. The lowest BCUT2D eigenvalue weighted by Crippen LogP contribution is -2.71. The van der Waals surface area contributed by atoms with Crippen molar-refractivity contribution >= 4 is 5.97 Å². The fourth-order valence-corrected chi connectivity index (χ4v) is 9.32. The molecular formula is C30H48O4. The molecule has 0 amide bonds. The second-order valence-electron chi connectivity index (χ2n) is 13.7. The molecule has 4 nitrogen and oxygen atoms in total. The summed E-state index contributed by atoms with van der Waals surface area (Å²) in [6, 6.07) is 0. The Hall–Kier alpha value is -0.870. The van der Waals surface area contributed by atoms with Gasteiger partial charge in [0, 0.05) is 24.7 Å². The number of esters is 1. The van der Waals surface area contributed by atoms with Gasteiger partial charge in [-0.15, -0.1) is 0 Å². The molecule has 9 atom stereocenters. The van der Waals surface area contributed by atoms with Gasteiger partial charge in [0.15, 0.2) is 0 Å². The third kappa shape index (κ3) is 3.40. The molecule has 0 aromatic heterocycles. The Morgan fingerprint density at radius 1 is 1.06 bits per heavy atom. The molecule has 6 aliphatic rings. The summed E-state index contributed by atoms with van der Waals surface area (Å²) in [6.07, 6.45) is 13.7. The van der Waals surface area contributed by atoms with E-state index in [0.717, 1.165) is 55.8 Å². The van der Waals surface area contributed by atoms with E-state index in [4.69, 9.17) is 14.5 Å². The zero-order valence-corrected chi connectivity index (χ0v) is 22.7. The highest BCUT2D eigenvalue weighted by atomic mass is 17.2. The molecule has 2 saturated heterocycles. The monoisotopic (exact) mass is 472 g/mol. The Morgan fingerprint density at radius 2 is 1.82 bits per heavy atom. The maximum absolute atomic E-state index is 11.6. The topological polar surface area (TPSA) is 44.8 Å². The van der Waals surface area contributed by atoms with Crippen LogP contribution in [0.25, 0.3) is 0 Å². The van der Waals surface area contributed by atoms with Gasteiger partial charge in [0.25, 0.3) is 0 Å². The standard InChI is InChI=1S/C30H48O4/c1-19(2)20(3)8-9-21(4)24-10-11-25-27(24,6)14-13-26-28(7)15-12-23(32-22(5)31)18-29(28)16-17-30(25,26)34-33-29/h13,19-21,23-25H,8-12,14-18H2,1-7H3/t20-,21-,23-,24+,25+,27-,28-,29-,30+/m1/s1. The number of fused-ring (bicyclic) bond motifs is 3. The van der Waals surface area contributed by atoms with Gasteiger partial charge in [-0.2, -0.15) is 0 Å². The van der Waals surface area contributed by atoms with Crippen molar-refractivity contribution in [2.75, 3.05) is 0 Å². The highest BCUT2D eigenvalue weighted by molar-refractivity contribution is 5.66. The molecule has 4 aliphatic carbocycles. The van der Waals surface area contributed by atoms with Gasteiger partial charge in [0.05, 0.1) is 0 Å². The average molecular weight is 473 g/mol. The summed E-state index contributed by atoms with van der Waals surface area (Å²) < 4.78 is 5.65. The summed E-state index contributed by atoms with van der Waals surface area (Å²) in [4.78, 5) is 24.7. The van der Waals surface area contributed by atoms with E-state index >= 15 is 0 Å². The quantitative estimate of drug-likeness (QED) is 0.229. The molecule has 0 unspecified atom stereocenters. The highest BCUT2D eigenvalue weighted by Gasteiger charge is 2.73. The fraction of sp³-hybridized carbons (Fsp3) is 0.900. The molecule has 0 N–H and O–H groups in total. The largest absolute Gasteiger partial charge is 0.462 e. The number of carbonyl (C=O) groups excluding carboxylic acids is 1. The lowest BCUT2D eigenvalue weighted by Gasteiger charge is -2.69. The highest BCUT2D eigenvalue weighted by Crippen LogP contribution is 2.73. The number of allylic oxidation sites excluding steroid dienone is 1. The van der Waals surface area contributed by atoms with Crippen LogP contribution in [0.4, 0.5) is 0 Å². The van der Waals surface area contributed by atoms with Crippen molar-refractivity contribution in [2.24, 2.45) is 40.4 Å². The average Bonchev–Trinajstić information content (AvgIpc) is 3.14. The third-order valence-electron chi connectivity index (χ3n) is 11.8. The first-order valence-electron chi connectivity index (χ1n) is 14.2. The normalized spacial score (nSPS) is 46.8. The van der Waals surface area contributed by atoms with Crippen LogP contribution >= 0.6 is 0 Å². The van der Waals surface area contributed by atoms with Gasteiger partial charge < -0.3 is 4.74 Å². The molecule has 0 aromatic carbocycles. The zero-order chi connectivity index (χ0) is 24.5. The number of carbonyl (C=O) groups is 1. The molecule has 34 heavy (non-hydrogen) atoms. The van der Waals surface area contributed by atoms with Crippen LogP contribution in [0.15, 0.2) is 11.6 Å². The van der Waals surface area contributed by atoms with Crippen molar-refractivity contribution in [3.63, 3.8) is 0 Å². The first kappa shape index (κ1) is 24.8. The first-order chi connectivity index (χ1) is 16.0. The van der Waals surface area contributed by atoms with E-state index in [0.29, 0.717) is 5.92 Å². The predicted octanol–water partition coefficient (Wildman–Crippen LogP) is 7.41. The van der Waals surface area contributed by atoms with Crippen molar-refractivity contribution < 1.29 is 19.3 Å². The van der Waals surface area contributed by atoms with Gasteiger partial charge in [-0.3, -0.25) is 4.79 Å². The minimum Gasteiger partial charge on any atom is -0.462 e. The van der Waals surface area contributed by atoms with Gasteiger partial charge in [-0.05, 0) is 79.6 Å². The van der Waals surface area contributed by atoms with E-state index in [-0.39, 0.29) is 34.1 Å². The van der Waals surface area contributed by atoms with Crippen LogP contribution in [0.3, 0.4) is 0 Å². The van der Waals surface area contributed by atoms with Crippen LogP contribution in [-0.2, 0) is 19.3 Å². The van der Waals surface area contributed by atoms with Crippen molar-refractivity contribution in [1.82, 2.24) is 0 Å². The van der Waals surface area contributed by atoms with Crippen LogP contribution < -0.4 is 0 Å². The molecule has 6 rings (SSSR count). The Balaban J connectivity index is 1.40. The van der Waals surface area contributed by atoms with Crippen molar-refractivity contribution in [3.05, 3.63) is 11.6 Å². The van der Waals surface area contributed by atoms with E-state index in [2.05, 4.69) is 47.6 Å². The number of ether oxygens (including phenoxy) is 1. The molecular weight excluding hydrogens is 424 g/mol. The maximum atomic E-state index is 11.6. The first-order valence-corrected chi connectivity index (χ1v) is 14.2. The molecule has 2 bridgehead atoms. The number of rotatable bonds is 6. The summed E-state index contributed by atoms with van der Waals surface area (Å²) in [5, 5.41) is 0. The Labute approximate surface area is 207 Å². The zero-order valence-electron chi connectivity index (χ0n) is 22.7. The van der Waals surface area contributed by atoms with E-state index in [1.807, 2.05) is 0 Å². The summed E-state index contributed by atoms with van der Waals surface area (Å²) in [5.41, 5.74) is 1.19. The minimum atomic E-state index is -0.356. The Morgan fingerprint density at radius 3 is 2.47 bits per heavy atom. The predicted molar refractivity (Wildman–Crippen MR) is 134 cm³/mol. The molecule has 192 valence electrons. The molecule has 5 fully saturated rings. The lowest BCUT2D eigenvalue weighted by molar-refractivity contribution is -0.494. The molecule has 2 aliphatic heterocycles. The van der Waals surface area contributed by atoms with Crippen LogP contribution in [-0.4, -0.2) is 23.3 Å². The van der Waals surface area contributed by atoms with Crippen molar-refractivity contribution in [2.45, 2.75) is 130 Å². The van der Waals surface area contributed by atoms with Crippen LogP contribution in [0, 0.1) is 40.4 Å². The smallest absolute Gasteiger partial charge is 0.302 e. The summed E-state index contributed by atoms with van der Waals surface area (Å²) in [7, 11) is 0. The Bertz CT molecular complexity index is 837. The maximum Gasteiger partial charge on any atom is 0.302 e. The van der Waals surface area contributed by atoms with E-state index in [1.165, 1.54) is 44.6 Å². The van der Waals surface area contributed by atoms with Gasteiger partial charge in [0.2, 0.25) is 0 Å². The van der Waals surface area contributed by atoms with E-state index in [1.54, 1.807) is 0 Å². The third-order valence-corrected chi connectivity index (χ3v) is 11.8. The van der Waals surface area contributed by atoms with Gasteiger partial charge >= 0.3 is 5.97 Å². The molecule has 0 radical (unpaired) electrons. The fourth-order valence-electron chi connectivity index (χ4n) is 9.32. The van der Waals surface area contributed by atoms with Gasteiger partial charge in [0.1, 0.15) is 17.3 Å². The van der Waals surface area contributed by atoms with E-state index in [9.17, 15) is 4.79 Å². The summed E-state index contributed by atoms with van der Waals surface area (Å²) >= 11 is 0. The van der Waals surface area contributed by atoms with Gasteiger partial charge in [-0.25, -0.2) is 9.78 Å². The molecule has 3 saturated carbocycles. The van der Waals surface area contributed by atoms with Crippen LogP contribution in [0.1, 0.15) is 113 Å². The van der Waals surface area contributed by atoms with Crippen molar-refractivity contribution in [1.29, 1.82) is 0 Å². The van der Waals surface area contributed by atoms with Gasteiger partial charge in [-0.1, -0.05) is 60.5 Å². The SMILES string of the molecule is CC(=O)O[C@@H]1CC[C@]2(C)C3=CC[C@]4(C)[C@H]([C@H](C)CC[C@@H](C)C(C)C)CC[C@@H]4[C@@]34CC[C@]2(C1)OO4. The number of hydrogen-bond acceptors (Lipinski definition) is 4. The summed E-state index contributed by atoms with van der Waals surface area (Å²) in [6.45, 7) is 16.2. The molecule has 4 heteroatoms. The summed E-state index contributed by atoms with van der Waals surface area (Å²) in [5.74, 6) is 3.43.